The van der Waals surface area contributed by atoms with Gasteiger partial charge in [-0.05, 0) is 62.6 Å². The summed E-state index contributed by atoms with van der Waals surface area (Å²) >= 11 is 0. The second-order valence-electron chi connectivity index (χ2n) is 6.33. The molecule has 20 heavy (non-hydrogen) atoms. The third-order valence-corrected chi connectivity index (χ3v) is 4.28. The molecule has 3 unspecified atom stereocenters. The van der Waals surface area contributed by atoms with E-state index in [1.807, 2.05) is 6.07 Å². The smallest absolute Gasteiger partial charge is 0.125 e. The fourth-order valence-corrected chi connectivity index (χ4v) is 3.56. The first-order valence-corrected chi connectivity index (χ1v) is 7.42. The van der Waals surface area contributed by atoms with Gasteiger partial charge in [0.15, 0.2) is 0 Å². The maximum atomic E-state index is 10.9. The van der Waals surface area contributed by atoms with E-state index in [1.54, 1.807) is 7.11 Å². The molecule has 110 valence electrons. The van der Waals surface area contributed by atoms with E-state index >= 15 is 0 Å². The molecule has 0 aromatic heterocycles. The van der Waals surface area contributed by atoms with Crippen LogP contribution in [0.1, 0.15) is 49.5 Å². The molecule has 0 saturated heterocycles. The predicted molar refractivity (Wildman–Crippen MR) is 83.1 cm³/mol. The molecule has 1 aliphatic carbocycles. The highest BCUT2D eigenvalue weighted by atomic mass is 16.5. The summed E-state index contributed by atoms with van der Waals surface area (Å²) in [5.74, 6) is 1.64. The minimum absolute atomic E-state index is 0.283. The van der Waals surface area contributed by atoms with Gasteiger partial charge in [0.2, 0.25) is 0 Å². The van der Waals surface area contributed by atoms with Gasteiger partial charge < -0.3 is 9.84 Å². The van der Waals surface area contributed by atoms with E-state index in [4.69, 9.17) is 4.74 Å². The number of ether oxygens (including phenoxy) is 1. The highest BCUT2D eigenvalue weighted by Gasteiger charge is 2.29. The van der Waals surface area contributed by atoms with Crippen molar-refractivity contribution in [3.63, 3.8) is 0 Å². The number of aryl methyl sites for hydroxylation is 2. The molecule has 1 aliphatic rings. The Bertz CT molecular complexity index is 516. The molecule has 0 saturated carbocycles. The zero-order chi connectivity index (χ0) is 14.9. The van der Waals surface area contributed by atoms with Crippen molar-refractivity contribution in [3.05, 3.63) is 40.5 Å². The van der Waals surface area contributed by atoms with Gasteiger partial charge in [-0.3, -0.25) is 0 Å². The molecular formula is C18H26O2. The summed E-state index contributed by atoms with van der Waals surface area (Å²) in [6.07, 6.45) is 3.89. The van der Waals surface area contributed by atoms with E-state index in [2.05, 4.69) is 39.8 Å². The lowest BCUT2D eigenvalue weighted by molar-refractivity contribution is 0.0901. The first kappa shape index (κ1) is 15.1. The summed E-state index contributed by atoms with van der Waals surface area (Å²) in [5.41, 5.74) is 4.64. The molecule has 1 aromatic carbocycles. The summed E-state index contributed by atoms with van der Waals surface area (Å²) in [5, 5.41) is 10.9. The van der Waals surface area contributed by atoms with E-state index in [0.717, 1.165) is 29.7 Å². The van der Waals surface area contributed by atoms with Gasteiger partial charge in [0, 0.05) is 5.56 Å². The maximum Gasteiger partial charge on any atom is 0.125 e. The first-order valence-electron chi connectivity index (χ1n) is 7.42. The van der Waals surface area contributed by atoms with Crippen LogP contribution >= 0.6 is 0 Å². The number of hydrogen-bond donors (Lipinski definition) is 1. The van der Waals surface area contributed by atoms with Crippen LogP contribution in [-0.4, -0.2) is 12.2 Å². The summed E-state index contributed by atoms with van der Waals surface area (Å²) in [6.45, 7) is 8.50. The minimum Gasteiger partial charge on any atom is -0.496 e. The molecule has 1 N–H and O–H groups in total. The normalized spacial score (nSPS) is 24.2. The SMILES string of the molecule is COc1cc(C)cc(C)c1C(O)C1CC(C)=CC(C)C1. The number of aliphatic hydroxyl groups is 1. The number of hydrogen-bond acceptors (Lipinski definition) is 2. The quantitative estimate of drug-likeness (QED) is 0.831. The Morgan fingerprint density at radius 3 is 2.55 bits per heavy atom. The van der Waals surface area contributed by atoms with E-state index in [-0.39, 0.29) is 5.92 Å². The van der Waals surface area contributed by atoms with Crippen LogP contribution in [0.4, 0.5) is 0 Å². The molecule has 2 heteroatoms. The van der Waals surface area contributed by atoms with Crippen molar-refractivity contribution >= 4 is 0 Å². The number of aliphatic hydroxyl groups excluding tert-OH is 1. The van der Waals surface area contributed by atoms with Crippen LogP contribution in [0, 0.1) is 25.7 Å². The molecule has 0 amide bonds. The van der Waals surface area contributed by atoms with E-state index in [0.29, 0.717) is 5.92 Å². The summed E-state index contributed by atoms with van der Waals surface area (Å²) in [6, 6.07) is 4.14. The van der Waals surface area contributed by atoms with E-state index in [1.165, 1.54) is 11.1 Å². The van der Waals surface area contributed by atoms with Gasteiger partial charge in [-0.25, -0.2) is 0 Å². The Balaban J connectivity index is 2.34. The molecular weight excluding hydrogens is 248 g/mol. The van der Waals surface area contributed by atoms with Crippen molar-refractivity contribution in [2.45, 2.75) is 46.6 Å². The maximum absolute atomic E-state index is 10.9. The van der Waals surface area contributed by atoms with Crippen LogP contribution in [0.2, 0.25) is 0 Å². The first-order chi connectivity index (χ1) is 9.42. The Hall–Kier alpha value is -1.28. The van der Waals surface area contributed by atoms with Crippen LogP contribution in [0.5, 0.6) is 5.75 Å². The second-order valence-corrected chi connectivity index (χ2v) is 6.33. The highest BCUT2D eigenvalue weighted by Crippen LogP contribution is 2.41. The lowest BCUT2D eigenvalue weighted by atomic mass is 9.78. The van der Waals surface area contributed by atoms with Crippen LogP contribution < -0.4 is 4.74 Å². The molecule has 0 aliphatic heterocycles. The Morgan fingerprint density at radius 2 is 1.95 bits per heavy atom. The molecule has 3 atom stereocenters. The van der Waals surface area contributed by atoms with Gasteiger partial charge in [-0.1, -0.05) is 24.6 Å². The highest BCUT2D eigenvalue weighted by molar-refractivity contribution is 5.44. The lowest BCUT2D eigenvalue weighted by Crippen LogP contribution is -2.20. The Morgan fingerprint density at radius 1 is 1.25 bits per heavy atom. The molecule has 0 radical (unpaired) electrons. The fraction of sp³-hybridized carbons (Fsp3) is 0.556. The van der Waals surface area contributed by atoms with Crippen molar-refractivity contribution in [1.82, 2.24) is 0 Å². The van der Waals surface area contributed by atoms with Gasteiger partial charge >= 0.3 is 0 Å². The number of allylic oxidation sites excluding steroid dienone is 2. The molecule has 2 nitrogen and oxygen atoms in total. The standard InChI is InChI=1S/C18H26O2/c1-11-6-12(2)9-15(8-11)18(19)17-14(4)7-13(3)10-16(17)20-5/h6-7,10-11,15,18-19H,8-9H2,1-5H3. The molecule has 0 spiro atoms. The molecule has 0 heterocycles. The topological polar surface area (TPSA) is 29.5 Å². The second kappa shape index (κ2) is 6.01. The summed E-state index contributed by atoms with van der Waals surface area (Å²) in [4.78, 5) is 0. The average molecular weight is 274 g/mol. The number of methoxy groups -OCH3 is 1. The van der Waals surface area contributed by atoms with E-state index < -0.39 is 6.10 Å². The van der Waals surface area contributed by atoms with Crippen LogP contribution in [0.15, 0.2) is 23.8 Å². The zero-order valence-electron chi connectivity index (χ0n) is 13.2. The monoisotopic (exact) mass is 274 g/mol. The van der Waals surface area contributed by atoms with Crippen LogP contribution in [0.25, 0.3) is 0 Å². The number of benzene rings is 1. The Labute approximate surface area is 122 Å². The third-order valence-electron chi connectivity index (χ3n) is 4.28. The zero-order valence-corrected chi connectivity index (χ0v) is 13.2. The van der Waals surface area contributed by atoms with Crippen molar-refractivity contribution in [2.75, 3.05) is 7.11 Å². The van der Waals surface area contributed by atoms with Crippen LogP contribution in [0.3, 0.4) is 0 Å². The molecule has 0 bridgehead atoms. The van der Waals surface area contributed by atoms with Crippen molar-refractivity contribution in [1.29, 1.82) is 0 Å². The van der Waals surface area contributed by atoms with Crippen molar-refractivity contribution in [3.8, 4) is 5.75 Å². The number of rotatable bonds is 3. The van der Waals surface area contributed by atoms with Gasteiger partial charge in [0.25, 0.3) is 0 Å². The fourth-order valence-electron chi connectivity index (χ4n) is 3.56. The molecule has 2 rings (SSSR count). The van der Waals surface area contributed by atoms with Gasteiger partial charge in [0.05, 0.1) is 13.2 Å². The average Bonchev–Trinajstić information content (AvgIpc) is 2.35. The van der Waals surface area contributed by atoms with Crippen molar-refractivity contribution < 1.29 is 9.84 Å². The molecule has 1 aromatic rings. The van der Waals surface area contributed by atoms with Gasteiger partial charge in [0.1, 0.15) is 5.75 Å². The van der Waals surface area contributed by atoms with Crippen molar-refractivity contribution in [2.24, 2.45) is 11.8 Å². The Kier molecular flexibility index (Phi) is 4.54. The largest absolute Gasteiger partial charge is 0.496 e. The minimum atomic E-state index is -0.448. The summed E-state index contributed by atoms with van der Waals surface area (Å²) < 4.78 is 5.50. The van der Waals surface area contributed by atoms with Gasteiger partial charge in [-0.2, -0.15) is 0 Å². The van der Waals surface area contributed by atoms with Gasteiger partial charge in [-0.15, -0.1) is 0 Å². The van der Waals surface area contributed by atoms with Crippen LogP contribution in [-0.2, 0) is 0 Å². The molecule has 0 fully saturated rings. The predicted octanol–water partition coefficient (Wildman–Crippen LogP) is 4.34. The lowest BCUT2D eigenvalue weighted by Gasteiger charge is -2.31. The van der Waals surface area contributed by atoms with E-state index in [9.17, 15) is 5.11 Å². The summed E-state index contributed by atoms with van der Waals surface area (Å²) in [7, 11) is 1.68. The third kappa shape index (κ3) is 3.06.